The molecule has 0 radical (unpaired) electrons. The number of hydrogen-bond donors (Lipinski definition) is 3. The number of hydrogen-bond acceptors (Lipinski definition) is 7. The van der Waals surface area contributed by atoms with E-state index in [-0.39, 0.29) is 34.7 Å². The SMILES string of the molecule is CCC(O)COC(=O)c1ccc2c(c1)C(=O)N(c1ccc(O)cc1O)C2=O. The van der Waals surface area contributed by atoms with Crippen molar-refractivity contribution < 1.29 is 34.4 Å². The van der Waals surface area contributed by atoms with Gasteiger partial charge in [-0.15, -0.1) is 0 Å². The number of nitrogens with zero attached hydrogens (tertiary/aromatic N) is 1. The third kappa shape index (κ3) is 3.34. The van der Waals surface area contributed by atoms with E-state index < -0.39 is 29.6 Å². The molecule has 3 rings (SSSR count). The lowest BCUT2D eigenvalue weighted by atomic mass is 10.1. The van der Waals surface area contributed by atoms with Gasteiger partial charge >= 0.3 is 5.97 Å². The van der Waals surface area contributed by atoms with Crippen LogP contribution in [-0.4, -0.2) is 45.8 Å². The summed E-state index contributed by atoms with van der Waals surface area (Å²) in [5.41, 5.74) is 0.0692. The molecule has 0 aliphatic carbocycles. The standard InChI is InChI=1S/C19H17NO7/c1-2-11(21)9-27-19(26)10-3-5-13-14(7-10)18(25)20(17(13)24)15-6-4-12(22)8-16(15)23/h3-8,11,21-23H,2,9H2,1H3. The summed E-state index contributed by atoms with van der Waals surface area (Å²) < 4.78 is 4.98. The van der Waals surface area contributed by atoms with Gasteiger partial charge in [-0.05, 0) is 36.8 Å². The van der Waals surface area contributed by atoms with Crippen LogP contribution in [0.25, 0.3) is 0 Å². The molecule has 0 spiro atoms. The van der Waals surface area contributed by atoms with E-state index in [4.69, 9.17) is 4.74 Å². The molecule has 2 amide bonds. The third-order valence-electron chi connectivity index (χ3n) is 4.20. The highest BCUT2D eigenvalue weighted by molar-refractivity contribution is 6.35. The third-order valence-corrected chi connectivity index (χ3v) is 4.20. The molecule has 0 saturated heterocycles. The molecular weight excluding hydrogens is 354 g/mol. The number of aromatic hydroxyl groups is 2. The Bertz CT molecular complexity index is 938. The Hall–Kier alpha value is -3.39. The number of fused-ring (bicyclic) bond motifs is 1. The predicted molar refractivity (Wildman–Crippen MR) is 93.9 cm³/mol. The van der Waals surface area contributed by atoms with E-state index in [1.807, 2.05) is 0 Å². The summed E-state index contributed by atoms with van der Waals surface area (Å²) in [5.74, 6) is -2.74. The van der Waals surface area contributed by atoms with Gasteiger partial charge < -0.3 is 20.1 Å². The van der Waals surface area contributed by atoms with Crippen molar-refractivity contribution in [3.63, 3.8) is 0 Å². The Morgan fingerprint density at radius 3 is 2.44 bits per heavy atom. The molecule has 2 aromatic rings. The largest absolute Gasteiger partial charge is 0.508 e. The minimum absolute atomic E-state index is 0.00188. The van der Waals surface area contributed by atoms with Crippen LogP contribution in [0.2, 0.25) is 0 Å². The fraction of sp³-hybridized carbons (Fsp3) is 0.211. The van der Waals surface area contributed by atoms with Crippen molar-refractivity contribution in [3.05, 3.63) is 53.1 Å². The monoisotopic (exact) mass is 371 g/mol. The molecule has 2 aromatic carbocycles. The first-order valence-electron chi connectivity index (χ1n) is 8.23. The normalized spacial score (nSPS) is 14.2. The van der Waals surface area contributed by atoms with Gasteiger partial charge in [-0.2, -0.15) is 0 Å². The highest BCUT2D eigenvalue weighted by Gasteiger charge is 2.38. The first-order chi connectivity index (χ1) is 12.8. The lowest BCUT2D eigenvalue weighted by Crippen LogP contribution is -2.29. The molecule has 1 atom stereocenters. The van der Waals surface area contributed by atoms with E-state index in [1.54, 1.807) is 6.92 Å². The van der Waals surface area contributed by atoms with Gasteiger partial charge in [-0.1, -0.05) is 6.92 Å². The Morgan fingerprint density at radius 2 is 1.78 bits per heavy atom. The number of phenols is 2. The fourth-order valence-corrected chi connectivity index (χ4v) is 2.66. The second kappa shape index (κ2) is 7.08. The number of carbonyl (C=O) groups is 3. The van der Waals surface area contributed by atoms with Gasteiger partial charge in [-0.25, -0.2) is 9.69 Å². The highest BCUT2D eigenvalue weighted by atomic mass is 16.5. The lowest BCUT2D eigenvalue weighted by Gasteiger charge is -2.15. The van der Waals surface area contributed by atoms with Crippen molar-refractivity contribution in [2.45, 2.75) is 19.4 Å². The second-order valence-electron chi connectivity index (χ2n) is 6.04. The second-order valence-corrected chi connectivity index (χ2v) is 6.04. The van der Waals surface area contributed by atoms with Crippen molar-refractivity contribution >= 4 is 23.5 Å². The minimum atomic E-state index is -0.778. The number of esters is 1. The van der Waals surface area contributed by atoms with Crippen molar-refractivity contribution in [3.8, 4) is 11.5 Å². The van der Waals surface area contributed by atoms with Crippen molar-refractivity contribution in [2.24, 2.45) is 0 Å². The molecule has 1 aliphatic heterocycles. The Kier molecular flexibility index (Phi) is 4.83. The van der Waals surface area contributed by atoms with Gasteiger partial charge in [0.25, 0.3) is 11.8 Å². The van der Waals surface area contributed by atoms with Gasteiger partial charge in [0.2, 0.25) is 0 Å². The number of aliphatic hydroxyl groups excluding tert-OH is 1. The molecular formula is C19H17NO7. The molecule has 1 heterocycles. The predicted octanol–water partition coefficient (Wildman–Crippen LogP) is 1.83. The summed E-state index contributed by atoms with van der Waals surface area (Å²) in [4.78, 5) is 38.1. The van der Waals surface area contributed by atoms with Gasteiger partial charge in [0.1, 0.15) is 18.1 Å². The van der Waals surface area contributed by atoms with Crippen molar-refractivity contribution in [1.82, 2.24) is 0 Å². The van der Waals surface area contributed by atoms with Crippen LogP contribution in [0.4, 0.5) is 5.69 Å². The molecule has 8 nitrogen and oxygen atoms in total. The summed E-state index contributed by atoms with van der Waals surface area (Å²) in [7, 11) is 0. The molecule has 0 fully saturated rings. The summed E-state index contributed by atoms with van der Waals surface area (Å²) in [6.45, 7) is 1.57. The van der Waals surface area contributed by atoms with Crippen LogP contribution in [0.5, 0.6) is 11.5 Å². The average molecular weight is 371 g/mol. The van der Waals surface area contributed by atoms with Crippen LogP contribution in [0.15, 0.2) is 36.4 Å². The van der Waals surface area contributed by atoms with Crippen LogP contribution in [-0.2, 0) is 4.74 Å². The van der Waals surface area contributed by atoms with Crippen LogP contribution in [0.1, 0.15) is 44.4 Å². The van der Waals surface area contributed by atoms with E-state index in [2.05, 4.69) is 0 Å². The number of carbonyl (C=O) groups excluding carboxylic acids is 3. The van der Waals surface area contributed by atoms with E-state index in [9.17, 15) is 29.7 Å². The molecule has 140 valence electrons. The molecule has 3 N–H and O–H groups in total. The van der Waals surface area contributed by atoms with Crippen molar-refractivity contribution in [2.75, 3.05) is 11.5 Å². The zero-order valence-corrected chi connectivity index (χ0v) is 14.4. The van der Waals surface area contributed by atoms with Gasteiger partial charge in [-0.3, -0.25) is 9.59 Å². The topological polar surface area (TPSA) is 124 Å². The van der Waals surface area contributed by atoms with E-state index >= 15 is 0 Å². The molecule has 0 aromatic heterocycles. The Labute approximate surface area is 154 Å². The van der Waals surface area contributed by atoms with Crippen LogP contribution in [0.3, 0.4) is 0 Å². The maximum atomic E-state index is 12.7. The number of aliphatic hydroxyl groups is 1. The number of benzene rings is 2. The van der Waals surface area contributed by atoms with Crippen LogP contribution >= 0.6 is 0 Å². The van der Waals surface area contributed by atoms with Crippen molar-refractivity contribution in [1.29, 1.82) is 0 Å². The number of rotatable bonds is 5. The minimum Gasteiger partial charge on any atom is -0.508 e. The summed E-state index contributed by atoms with van der Waals surface area (Å²) in [6, 6.07) is 7.42. The smallest absolute Gasteiger partial charge is 0.338 e. The highest BCUT2D eigenvalue weighted by Crippen LogP contribution is 2.36. The fourth-order valence-electron chi connectivity index (χ4n) is 2.66. The molecule has 27 heavy (non-hydrogen) atoms. The zero-order chi connectivity index (χ0) is 19.7. The van der Waals surface area contributed by atoms with Gasteiger partial charge in [0, 0.05) is 6.07 Å². The molecule has 1 aliphatic rings. The van der Waals surface area contributed by atoms with Crippen LogP contribution in [0, 0.1) is 0 Å². The Balaban J connectivity index is 1.89. The number of imide groups is 1. The molecule has 8 heteroatoms. The molecule has 1 unspecified atom stereocenters. The maximum absolute atomic E-state index is 12.7. The number of anilines is 1. The van der Waals surface area contributed by atoms with E-state index in [1.165, 1.54) is 30.3 Å². The summed E-state index contributed by atoms with van der Waals surface area (Å²) in [5, 5.41) is 28.8. The quantitative estimate of drug-likeness (QED) is 0.541. The average Bonchev–Trinajstić information content (AvgIpc) is 2.90. The van der Waals surface area contributed by atoms with Gasteiger partial charge in [0.15, 0.2) is 0 Å². The first-order valence-corrected chi connectivity index (χ1v) is 8.23. The van der Waals surface area contributed by atoms with E-state index in [0.29, 0.717) is 6.42 Å². The number of amides is 2. The van der Waals surface area contributed by atoms with E-state index in [0.717, 1.165) is 11.0 Å². The summed E-state index contributed by atoms with van der Waals surface area (Å²) >= 11 is 0. The molecule has 0 bridgehead atoms. The number of phenolic OH excluding ortho intramolecular Hbond substituents is 2. The molecule has 0 saturated carbocycles. The Morgan fingerprint density at radius 1 is 1.07 bits per heavy atom. The van der Waals surface area contributed by atoms with Crippen LogP contribution < -0.4 is 4.90 Å². The van der Waals surface area contributed by atoms with Gasteiger partial charge in [0.05, 0.1) is 28.5 Å². The lowest BCUT2D eigenvalue weighted by molar-refractivity contribution is 0.0250. The summed E-state index contributed by atoms with van der Waals surface area (Å²) in [6.07, 6.45) is -0.352. The zero-order valence-electron chi connectivity index (χ0n) is 14.4. The maximum Gasteiger partial charge on any atom is 0.338 e. The first kappa shape index (κ1) is 18.4. The number of ether oxygens (including phenoxy) is 1.